The lowest BCUT2D eigenvalue weighted by Crippen LogP contribution is -2.48. The topological polar surface area (TPSA) is 98.7 Å². The van der Waals surface area contributed by atoms with Crippen molar-refractivity contribution in [3.05, 3.63) is 23.8 Å². The number of carboxylic acids is 1. The number of anilines is 1. The van der Waals surface area contributed by atoms with E-state index in [9.17, 15) is 14.7 Å². The summed E-state index contributed by atoms with van der Waals surface area (Å²) in [4.78, 5) is 22.9. The van der Waals surface area contributed by atoms with Crippen LogP contribution in [0.4, 0.5) is 5.69 Å². The number of hydrogen-bond acceptors (Lipinski definition) is 4. The quantitative estimate of drug-likeness (QED) is 0.670. The minimum atomic E-state index is -1.21. The molecular formula is C14H18N2O4. The number of piperidine rings is 1. The van der Waals surface area contributed by atoms with Crippen molar-refractivity contribution in [2.24, 2.45) is 5.92 Å². The van der Waals surface area contributed by atoms with E-state index in [2.05, 4.69) is 10.6 Å². The minimum Gasteiger partial charge on any atom is -0.507 e. The fourth-order valence-corrected chi connectivity index (χ4v) is 2.41. The zero-order valence-corrected chi connectivity index (χ0v) is 11.2. The average molecular weight is 278 g/mol. The molecule has 6 heteroatoms. The molecule has 2 rings (SSSR count). The van der Waals surface area contributed by atoms with Crippen molar-refractivity contribution in [3.63, 3.8) is 0 Å². The third kappa shape index (κ3) is 3.08. The number of carboxylic acid groups (broad SMARTS) is 1. The highest BCUT2D eigenvalue weighted by Crippen LogP contribution is 2.23. The molecule has 1 heterocycles. The fourth-order valence-electron chi connectivity index (χ4n) is 2.41. The Hall–Kier alpha value is -2.08. The van der Waals surface area contributed by atoms with Gasteiger partial charge in [0.2, 0.25) is 5.91 Å². The summed E-state index contributed by atoms with van der Waals surface area (Å²) in [6.45, 7) is 2.83. The van der Waals surface area contributed by atoms with Crippen molar-refractivity contribution >= 4 is 17.6 Å². The van der Waals surface area contributed by atoms with E-state index in [4.69, 9.17) is 5.11 Å². The van der Waals surface area contributed by atoms with Crippen molar-refractivity contribution in [3.8, 4) is 5.75 Å². The molecule has 1 amide bonds. The van der Waals surface area contributed by atoms with Crippen molar-refractivity contribution in [2.45, 2.75) is 25.8 Å². The maximum atomic E-state index is 12.1. The van der Waals surface area contributed by atoms with E-state index in [-0.39, 0.29) is 29.2 Å². The zero-order valence-electron chi connectivity index (χ0n) is 11.2. The summed E-state index contributed by atoms with van der Waals surface area (Å²) >= 11 is 0. The molecule has 1 aliphatic rings. The zero-order chi connectivity index (χ0) is 14.7. The Balaban J connectivity index is 2.08. The Morgan fingerprint density at radius 3 is 2.75 bits per heavy atom. The van der Waals surface area contributed by atoms with Gasteiger partial charge in [0.15, 0.2) is 0 Å². The summed E-state index contributed by atoms with van der Waals surface area (Å²) in [5.74, 6) is -1.49. The van der Waals surface area contributed by atoms with Crippen LogP contribution in [0.2, 0.25) is 0 Å². The molecule has 0 aliphatic carbocycles. The van der Waals surface area contributed by atoms with Gasteiger partial charge in [-0.1, -0.05) is 6.92 Å². The Kier molecular flexibility index (Phi) is 4.24. The second-order valence-electron chi connectivity index (χ2n) is 5.08. The molecule has 1 aromatic carbocycles. The van der Waals surface area contributed by atoms with Crippen molar-refractivity contribution in [2.75, 3.05) is 11.9 Å². The number of carbonyl (C=O) groups excluding carboxylic acids is 1. The first-order valence-electron chi connectivity index (χ1n) is 6.59. The predicted molar refractivity (Wildman–Crippen MR) is 73.9 cm³/mol. The van der Waals surface area contributed by atoms with E-state index in [1.807, 2.05) is 6.92 Å². The van der Waals surface area contributed by atoms with E-state index in [1.165, 1.54) is 18.2 Å². The molecule has 2 atom stereocenters. The van der Waals surface area contributed by atoms with E-state index in [1.54, 1.807) is 0 Å². The van der Waals surface area contributed by atoms with Gasteiger partial charge >= 0.3 is 5.97 Å². The van der Waals surface area contributed by atoms with Gasteiger partial charge in [-0.15, -0.1) is 0 Å². The average Bonchev–Trinajstić information content (AvgIpc) is 2.38. The normalized spacial score (nSPS) is 22.2. The molecule has 0 bridgehead atoms. The number of amides is 1. The molecule has 0 spiro atoms. The van der Waals surface area contributed by atoms with Gasteiger partial charge in [-0.3, -0.25) is 4.79 Å². The highest BCUT2D eigenvalue weighted by Gasteiger charge is 2.27. The molecule has 1 saturated heterocycles. The predicted octanol–water partition coefficient (Wildman–Crippen LogP) is 1.42. The number of hydrogen-bond donors (Lipinski definition) is 4. The Labute approximate surface area is 116 Å². The summed E-state index contributed by atoms with van der Waals surface area (Å²) in [5, 5.41) is 24.3. The number of nitrogens with one attached hydrogen (secondary N) is 2. The maximum Gasteiger partial charge on any atom is 0.339 e. The summed E-state index contributed by atoms with van der Waals surface area (Å²) in [6.07, 6.45) is 2.05. The second-order valence-corrected chi connectivity index (χ2v) is 5.08. The Bertz CT molecular complexity index is 530. The molecule has 0 saturated carbocycles. The van der Waals surface area contributed by atoms with Crippen LogP contribution < -0.4 is 10.6 Å². The summed E-state index contributed by atoms with van der Waals surface area (Å²) in [6, 6.07) is 3.72. The molecule has 2 unspecified atom stereocenters. The first-order valence-corrected chi connectivity index (χ1v) is 6.59. The molecule has 1 aromatic rings. The highest BCUT2D eigenvalue weighted by atomic mass is 16.4. The monoisotopic (exact) mass is 278 g/mol. The number of phenols is 1. The second kappa shape index (κ2) is 5.92. The van der Waals surface area contributed by atoms with Crippen LogP contribution in [-0.2, 0) is 4.79 Å². The smallest absolute Gasteiger partial charge is 0.339 e. The van der Waals surface area contributed by atoms with Crippen LogP contribution in [0.1, 0.15) is 30.1 Å². The minimum absolute atomic E-state index is 0.167. The number of aromatic carboxylic acids is 1. The lowest BCUT2D eigenvalue weighted by atomic mass is 9.92. The molecule has 108 valence electrons. The van der Waals surface area contributed by atoms with Crippen LogP contribution in [0.15, 0.2) is 18.2 Å². The first kappa shape index (κ1) is 14.3. The number of carbonyl (C=O) groups is 2. The van der Waals surface area contributed by atoms with Gasteiger partial charge in [0.05, 0.1) is 6.04 Å². The SMILES string of the molecule is CC1CCCNC1C(=O)Nc1ccc(C(=O)O)c(O)c1. The third-order valence-corrected chi connectivity index (χ3v) is 3.55. The first-order chi connectivity index (χ1) is 9.49. The van der Waals surface area contributed by atoms with Gasteiger partial charge < -0.3 is 20.8 Å². The standard InChI is InChI=1S/C14H18N2O4/c1-8-3-2-6-15-12(8)13(18)16-9-4-5-10(14(19)20)11(17)7-9/h4-5,7-8,12,15,17H,2-3,6H2,1H3,(H,16,18)(H,19,20). The molecule has 20 heavy (non-hydrogen) atoms. The lowest BCUT2D eigenvalue weighted by Gasteiger charge is -2.28. The lowest BCUT2D eigenvalue weighted by molar-refractivity contribution is -0.119. The Morgan fingerprint density at radius 2 is 2.15 bits per heavy atom. The molecule has 1 fully saturated rings. The maximum absolute atomic E-state index is 12.1. The van der Waals surface area contributed by atoms with Crippen molar-refractivity contribution < 1.29 is 19.8 Å². The van der Waals surface area contributed by atoms with E-state index in [0.29, 0.717) is 5.69 Å². The molecule has 0 radical (unpaired) electrons. The van der Waals surface area contributed by atoms with Crippen LogP contribution >= 0.6 is 0 Å². The van der Waals surface area contributed by atoms with Crippen molar-refractivity contribution in [1.82, 2.24) is 5.32 Å². The molecule has 0 aromatic heterocycles. The van der Waals surface area contributed by atoms with Gasteiger partial charge in [-0.05, 0) is 37.4 Å². The van der Waals surface area contributed by atoms with Crippen molar-refractivity contribution in [1.29, 1.82) is 0 Å². The van der Waals surface area contributed by atoms with Gasteiger partial charge in [0.25, 0.3) is 0 Å². The molecule has 1 aliphatic heterocycles. The summed E-state index contributed by atoms with van der Waals surface area (Å²) in [5.41, 5.74) is 0.198. The van der Waals surface area contributed by atoms with Gasteiger partial charge in [-0.2, -0.15) is 0 Å². The van der Waals surface area contributed by atoms with Gasteiger partial charge in [-0.25, -0.2) is 4.79 Å². The van der Waals surface area contributed by atoms with E-state index in [0.717, 1.165) is 19.4 Å². The number of benzene rings is 1. The third-order valence-electron chi connectivity index (χ3n) is 3.55. The summed E-state index contributed by atoms with van der Waals surface area (Å²) in [7, 11) is 0. The molecule has 4 N–H and O–H groups in total. The van der Waals surface area contributed by atoms with Crippen LogP contribution in [0, 0.1) is 5.92 Å². The van der Waals surface area contributed by atoms with Crippen LogP contribution in [0.25, 0.3) is 0 Å². The van der Waals surface area contributed by atoms with Crippen LogP contribution in [0.3, 0.4) is 0 Å². The van der Waals surface area contributed by atoms with Gasteiger partial charge in [0, 0.05) is 11.8 Å². The fraction of sp³-hybridized carbons (Fsp3) is 0.429. The molecular weight excluding hydrogens is 260 g/mol. The Morgan fingerprint density at radius 1 is 1.40 bits per heavy atom. The summed E-state index contributed by atoms with van der Waals surface area (Å²) < 4.78 is 0. The van der Waals surface area contributed by atoms with E-state index < -0.39 is 5.97 Å². The highest BCUT2D eigenvalue weighted by molar-refractivity contribution is 5.97. The van der Waals surface area contributed by atoms with Gasteiger partial charge in [0.1, 0.15) is 11.3 Å². The van der Waals surface area contributed by atoms with E-state index >= 15 is 0 Å². The largest absolute Gasteiger partial charge is 0.507 e. The number of aromatic hydroxyl groups is 1. The number of rotatable bonds is 3. The molecule has 6 nitrogen and oxygen atoms in total. The van der Waals surface area contributed by atoms with Crippen LogP contribution in [-0.4, -0.2) is 34.7 Å². The van der Waals surface area contributed by atoms with Crippen LogP contribution in [0.5, 0.6) is 5.75 Å².